The second kappa shape index (κ2) is 6.84. The van der Waals surface area contributed by atoms with Gasteiger partial charge in [-0.2, -0.15) is 0 Å². The fraction of sp³-hybridized carbons (Fsp3) is 0.267. The number of carbonyl (C=O) groups excluding carboxylic acids is 1. The van der Waals surface area contributed by atoms with Gasteiger partial charge in [0.25, 0.3) is 0 Å². The van der Waals surface area contributed by atoms with E-state index >= 15 is 0 Å². The first kappa shape index (κ1) is 17.0. The Hall–Kier alpha value is -2.32. The monoisotopic (exact) mass is 337 g/mol. The zero-order valence-corrected chi connectivity index (χ0v) is 13.7. The van der Waals surface area contributed by atoms with Crippen molar-refractivity contribution in [2.45, 2.75) is 24.4 Å². The fourth-order valence-electron chi connectivity index (χ4n) is 2.04. The first-order valence-corrected chi connectivity index (χ1v) is 8.49. The topological polar surface area (TPSA) is 106 Å². The Balaban J connectivity index is 2.00. The predicted octanol–water partition coefficient (Wildman–Crippen LogP) is 1.83. The van der Waals surface area contributed by atoms with E-state index in [-0.39, 0.29) is 17.0 Å². The van der Waals surface area contributed by atoms with Crippen LogP contribution in [0, 0.1) is 0 Å². The molecule has 1 heterocycles. The average molecular weight is 337 g/mol. The number of sulfonamides is 1. The molecule has 1 atom stereocenters. The second-order valence-corrected chi connectivity index (χ2v) is 6.70. The van der Waals surface area contributed by atoms with E-state index in [1.54, 1.807) is 37.6 Å². The van der Waals surface area contributed by atoms with E-state index in [4.69, 9.17) is 9.56 Å². The normalized spacial score (nSPS) is 12.7. The molecule has 1 aromatic carbocycles. The molecule has 0 aliphatic heterocycles. The molecule has 0 bridgehead atoms. The highest BCUT2D eigenvalue weighted by Crippen LogP contribution is 2.20. The van der Waals surface area contributed by atoms with Crippen molar-refractivity contribution in [3.8, 4) is 0 Å². The highest BCUT2D eigenvalue weighted by Gasteiger charge is 2.18. The molecule has 0 unspecified atom stereocenters. The maximum atomic E-state index is 12.1. The summed E-state index contributed by atoms with van der Waals surface area (Å²) in [6.45, 7) is 2.14. The number of primary sulfonamides is 1. The van der Waals surface area contributed by atoms with Gasteiger partial charge >= 0.3 is 6.03 Å². The van der Waals surface area contributed by atoms with Gasteiger partial charge in [-0.25, -0.2) is 18.4 Å². The second-order valence-electron chi connectivity index (χ2n) is 5.14. The molecule has 2 amide bonds. The molecule has 0 radical (unpaired) electrons. The summed E-state index contributed by atoms with van der Waals surface area (Å²) in [5.74, 6) is 0.664. The van der Waals surface area contributed by atoms with Gasteiger partial charge in [0.2, 0.25) is 10.0 Å². The summed E-state index contributed by atoms with van der Waals surface area (Å²) < 4.78 is 27.6. The molecule has 0 fully saturated rings. The van der Waals surface area contributed by atoms with Gasteiger partial charge in [0.1, 0.15) is 5.76 Å². The molecule has 0 aliphatic rings. The Morgan fingerprint density at radius 1 is 1.30 bits per heavy atom. The summed E-state index contributed by atoms with van der Waals surface area (Å²) in [6, 6.07) is 9.16. The Morgan fingerprint density at radius 3 is 2.48 bits per heavy atom. The largest absolute Gasteiger partial charge is 0.467 e. The van der Waals surface area contributed by atoms with E-state index in [0.29, 0.717) is 12.3 Å². The minimum Gasteiger partial charge on any atom is -0.467 e. The van der Waals surface area contributed by atoms with Crippen molar-refractivity contribution >= 4 is 16.1 Å². The zero-order chi connectivity index (χ0) is 17.0. The van der Waals surface area contributed by atoms with Crippen LogP contribution >= 0.6 is 0 Å². The van der Waals surface area contributed by atoms with Crippen molar-refractivity contribution in [3.63, 3.8) is 0 Å². The number of hydrogen-bond donors (Lipinski definition) is 2. The zero-order valence-electron chi connectivity index (χ0n) is 12.9. The van der Waals surface area contributed by atoms with Crippen LogP contribution < -0.4 is 10.5 Å². The number of amides is 2. The Labute approximate surface area is 135 Å². The van der Waals surface area contributed by atoms with Crippen LogP contribution in [-0.4, -0.2) is 26.4 Å². The van der Waals surface area contributed by atoms with Gasteiger partial charge in [-0.1, -0.05) is 12.1 Å². The van der Waals surface area contributed by atoms with Crippen LogP contribution in [0.25, 0.3) is 0 Å². The van der Waals surface area contributed by atoms with E-state index in [9.17, 15) is 13.2 Å². The lowest BCUT2D eigenvalue weighted by atomic mass is 10.1. The Morgan fingerprint density at radius 2 is 1.96 bits per heavy atom. The summed E-state index contributed by atoms with van der Waals surface area (Å²) in [5.41, 5.74) is 0.799. The third kappa shape index (κ3) is 4.33. The molecule has 0 saturated carbocycles. The van der Waals surface area contributed by atoms with Crippen LogP contribution in [0.5, 0.6) is 0 Å². The van der Waals surface area contributed by atoms with E-state index in [2.05, 4.69) is 5.32 Å². The number of nitrogens with two attached hydrogens (primary N) is 1. The lowest BCUT2D eigenvalue weighted by Crippen LogP contribution is -2.38. The summed E-state index contributed by atoms with van der Waals surface area (Å²) in [6.07, 6.45) is 1.54. The van der Waals surface area contributed by atoms with Crippen molar-refractivity contribution in [1.82, 2.24) is 10.2 Å². The number of carbonyl (C=O) groups is 1. The first-order valence-electron chi connectivity index (χ1n) is 6.95. The third-order valence-corrected chi connectivity index (χ3v) is 4.52. The van der Waals surface area contributed by atoms with Gasteiger partial charge < -0.3 is 14.6 Å². The van der Waals surface area contributed by atoms with Crippen molar-refractivity contribution in [2.75, 3.05) is 7.05 Å². The molecule has 0 saturated heterocycles. The quantitative estimate of drug-likeness (QED) is 0.868. The molecule has 0 spiro atoms. The Kier molecular flexibility index (Phi) is 5.07. The molecular weight excluding hydrogens is 318 g/mol. The van der Waals surface area contributed by atoms with Crippen molar-refractivity contribution in [2.24, 2.45) is 5.14 Å². The van der Waals surface area contributed by atoms with Crippen molar-refractivity contribution < 1.29 is 17.6 Å². The smallest absolute Gasteiger partial charge is 0.318 e. The maximum absolute atomic E-state index is 12.1. The van der Waals surface area contributed by atoms with E-state index in [0.717, 1.165) is 5.56 Å². The standard InChI is InChI=1S/C15H19N3O4S/c1-11(12-5-7-14(8-6-12)23(16,20)21)18(2)15(19)17-10-13-4-3-9-22-13/h3-9,11H,10H2,1-2H3,(H,17,19)(H2,16,20,21)/t11-/m1/s1. The van der Waals surface area contributed by atoms with E-state index in [1.807, 2.05) is 6.92 Å². The SMILES string of the molecule is C[C@H](c1ccc(S(N)(=O)=O)cc1)N(C)C(=O)NCc1ccco1. The van der Waals surface area contributed by atoms with Gasteiger partial charge in [-0.05, 0) is 36.8 Å². The predicted molar refractivity (Wildman–Crippen MR) is 84.9 cm³/mol. The number of urea groups is 1. The van der Waals surface area contributed by atoms with Gasteiger partial charge in [0.05, 0.1) is 23.7 Å². The highest BCUT2D eigenvalue weighted by atomic mass is 32.2. The lowest BCUT2D eigenvalue weighted by Gasteiger charge is -2.25. The fourth-order valence-corrected chi connectivity index (χ4v) is 2.55. The van der Waals surface area contributed by atoms with Gasteiger partial charge in [0, 0.05) is 7.05 Å². The van der Waals surface area contributed by atoms with Gasteiger partial charge in [-0.15, -0.1) is 0 Å². The molecule has 3 N–H and O–H groups in total. The van der Waals surface area contributed by atoms with Crippen molar-refractivity contribution in [1.29, 1.82) is 0 Å². The molecule has 0 aliphatic carbocycles. The van der Waals surface area contributed by atoms with Gasteiger partial charge in [-0.3, -0.25) is 0 Å². The number of nitrogens with one attached hydrogen (secondary N) is 1. The Bertz CT molecular complexity index is 755. The third-order valence-electron chi connectivity index (χ3n) is 3.59. The average Bonchev–Trinajstić information content (AvgIpc) is 3.04. The summed E-state index contributed by atoms with van der Waals surface area (Å²) in [7, 11) is -2.06. The highest BCUT2D eigenvalue weighted by molar-refractivity contribution is 7.89. The molecule has 8 heteroatoms. The number of furan rings is 1. The summed E-state index contributed by atoms with van der Waals surface area (Å²) in [5, 5.41) is 7.81. The number of benzene rings is 1. The number of hydrogen-bond acceptors (Lipinski definition) is 4. The van der Waals surface area contributed by atoms with Crippen LogP contribution in [0.1, 0.15) is 24.3 Å². The molecule has 2 rings (SSSR count). The lowest BCUT2D eigenvalue weighted by molar-refractivity contribution is 0.193. The van der Waals surface area contributed by atoms with Gasteiger partial charge in [0.15, 0.2) is 0 Å². The first-order chi connectivity index (χ1) is 10.8. The van der Waals surface area contributed by atoms with Crippen LogP contribution in [0.15, 0.2) is 52.0 Å². The molecule has 23 heavy (non-hydrogen) atoms. The minimum absolute atomic E-state index is 0.0402. The summed E-state index contributed by atoms with van der Waals surface area (Å²) in [4.78, 5) is 13.7. The molecule has 1 aromatic heterocycles. The molecule has 124 valence electrons. The number of nitrogens with zero attached hydrogens (tertiary/aromatic N) is 1. The molecular formula is C15H19N3O4S. The van der Waals surface area contributed by atoms with Crippen molar-refractivity contribution in [3.05, 3.63) is 54.0 Å². The maximum Gasteiger partial charge on any atom is 0.318 e. The van der Waals surface area contributed by atoms with E-state index < -0.39 is 10.0 Å². The van der Waals surface area contributed by atoms with Crippen LogP contribution in [0.4, 0.5) is 4.79 Å². The summed E-state index contributed by atoms with van der Waals surface area (Å²) >= 11 is 0. The molecule has 2 aromatic rings. The van der Waals surface area contributed by atoms with Crippen LogP contribution in [-0.2, 0) is 16.6 Å². The van der Waals surface area contributed by atoms with Crippen LogP contribution in [0.3, 0.4) is 0 Å². The van der Waals surface area contributed by atoms with E-state index in [1.165, 1.54) is 17.0 Å². The molecule has 7 nitrogen and oxygen atoms in total. The minimum atomic E-state index is -3.72. The van der Waals surface area contributed by atoms with Crippen LogP contribution in [0.2, 0.25) is 0 Å². The number of rotatable bonds is 5.